The highest BCUT2D eigenvalue weighted by Gasteiger charge is 2.34. The largest absolute Gasteiger partial charge is 0.481 e. The number of aryl methyl sites for hydroxylation is 1. The molecule has 0 bridgehead atoms. The van der Waals surface area contributed by atoms with Crippen LogP contribution in [0.15, 0.2) is 97.1 Å². The van der Waals surface area contributed by atoms with Crippen molar-refractivity contribution in [2.75, 3.05) is 5.32 Å². The number of carbonyl (C=O) groups is 1. The number of hydrogen-bond acceptors (Lipinski definition) is 3. The van der Waals surface area contributed by atoms with Crippen LogP contribution in [0.3, 0.4) is 0 Å². The predicted molar refractivity (Wildman–Crippen MR) is 141 cm³/mol. The molecule has 4 aromatic carbocycles. The summed E-state index contributed by atoms with van der Waals surface area (Å²) in [6.45, 7) is 0.317. The summed E-state index contributed by atoms with van der Waals surface area (Å²) in [5.41, 5.74) is 3.89. The molecule has 0 atom stereocenters. The third-order valence-corrected chi connectivity index (χ3v) is 6.26. The van der Waals surface area contributed by atoms with Gasteiger partial charge < -0.3 is 10.4 Å². The number of carboxylic acid groups (broad SMARTS) is 1. The zero-order valence-electron chi connectivity index (χ0n) is 20.2. The molecular weight excluding hydrogens is 491 g/mol. The first kappa shape index (κ1) is 25.1. The van der Waals surface area contributed by atoms with Crippen LogP contribution in [0.25, 0.3) is 22.2 Å². The van der Waals surface area contributed by atoms with Gasteiger partial charge in [0.15, 0.2) is 0 Å². The molecule has 0 spiro atoms. The van der Waals surface area contributed by atoms with E-state index in [0.717, 1.165) is 34.1 Å². The minimum absolute atomic E-state index is 0.0650. The predicted octanol–water partition coefficient (Wildman–Crippen LogP) is 7.53. The number of alkyl halides is 3. The topological polar surface area (TPSA) is 67.2 Å². The summed E-state index contributed by atoms with van der Waals surface area (Å²) in [4.78, 5) is 10.8. The molecule has 1 aromatic heterocycles. The number of rotatable bonds is 8. The molecule has 38 heavy (non-hydrogen) atoms. The summed E-state index contributed by atoms with van der Waals surface area (Å²) in [5.74, 6) is -0.842. The molecule has 0 saturated heterocycles. The molecule has 0 amide bonds. The summed E-state index contributed by atoms with van der Waals surface area (Å²) in [6.07, 6.45) is -4.01. The molecule has 0 unspecified atom stereocenters. The number of fused-ring (bicyclic) bond motifs is 1. The van der Waals surface area contributed by atoms with Crippen LogP contribution in [0.1, 0.15) is 23.1 Å². The molecule has 0 aliphatic carbocycles. The van der Waals surface area contributed by atoms with Crippen LogP contribution < -0.4 is 5.32 Å². The van der Waals surface area contributed by atoms with Crippen LogP contribution in [0.2, 0.25) is 0 Å². The van der Waals surface area contributed by atoms with Crippen molar-refractivity contribution >= 4 is 28.2 Å². The minimum atomic E-state index is -4.53. The number of nitrogens with zero attached hydrogens (tertiary/aromatic N) is 2. The Balaban J connectivity index is 1.52. The van der Waals surface area contributed by atoms with Crippen molar-refractivity contribution in [3.05, 3.63) is 114 Å². The van der Waals surface area contributed by atoms with E-state index in [1.54, 1.807) is 10.7 Å². The standard InChI is InChI=1S/C30H24F3N3O2/c31-30(32,33)26-11-5-10-25-28(26)35-36(19-21-6-2-1-3-7-21)29(25)22-8-4-9-24(18-22)34-23-15-12-20(13-16-23)14-17-27(37)38/h1-13,15-16,18,34H,14,17,19H2,(H,37,38). The van der Waals surface area contributed by atoms with Crippen LogP contribution in [-0.4, -0.2) is 20.9 Å². The van der Waals surface area contributed by atoms with E-state index in [9.17, 15) is 18.0 Å². The molecule has 5 rings (SSSR count). The highest BCUT2D eigenvalue weighted by molar-refractivity contribution is 5.96. The molecule has 1 heterocycles. The van der Waals surface area contributed by atoms with Gasteiger partial charge in [0.05, 0.1) is 17.8 Å². The van der Waals surface area contributed by atoms with Crippen molar-refractivity contribution in [1.82, 2.24) is 9.78 Å². The molecule has 5 aromatic rings. The van der Waals surface area contributed by atoms with Gasteiger partial charge in [0.25, 0.3) is 0 Å². The van der Waals surface area contributed by atoms with Gasteiger partial charge in [-0.1, -0.05) is 66.7 Å². The smallest absolute Gasteiger partial charge is 0.418 e. The Labute approximate surface area is 217 Å². The number of nitrogens with one attached hydrogen (secondary N) is 1. The molecule has 192 valence electrons. The first-order valence-corrected chi connectivity index (χ1v) is 12.1. The van der Waals surface area contributed by atoms with E-state index < -0.39 is 17.7 Å². The van der Waals surface area contributed by atoms with Gasteiger partial charge in [0.1, 0.15) is 5.52 Å². The van der Waals surface area contributed by atoms with Crippen LogP contribution in [0.5, 0.6) is 0 Å². The van der Waals surface area contributed by atoms with Crippen molar-refractivity contribution in [3.8, 4) is 11.3 Å². The van der Waals surface area contributed by atoms with Gasteiger partial charge in [-0.2, -0.15) is 18.3 Å². The van der Waals surface area contributed by atoms with Crippen LogP contribution in [-0.2, 0) is 23.9 Å². The van der Waals surface area contributed by atoms with Gasteiger partial charge in [-0.25, -0.2) is 0 Å². The lowest BCUT2D eigenvalue weighted by atomic mass is 10.0. The number of hydrogen-bond donors (Lipinski definition) is 2. The van der Waals surface area contributed by atoms with Gasteiger partial charge >= 0.3 is 12.1 Å². The molecule has 0 aliphatic heterocycles. The fraction of sp³-hybridized carbons (Fsp3) is 0.133. The summed E-state index contributed by atoms with van der Waals surface area (Å²) in [6, 6.07) is 28.6. The van der Waals surface area contributed by atoms with E-state index in [1.165, 1.54) is 6.07 Å². The summed E-state index contributed by atoms with van der Waals surface area (Å²) in [7, 11) is 0. The van der Waals surface area contributed by atoms with Crippen LogP contribution in [0, 0.1) is 0 Å². The Hall–Kier alpha value is -4.59. The fourth-order valence-corrected chi connectivity index (χ4v) is 4.47. The molecule has 0 saturated carbocycles. The highest BCUT2D eigenvalue weighted by atomic mass is 19.4. The average Bonchev–Trinajstić information content (AvgIpc) is 3.26. The summed E-state index contributed by atoms with van der Waals surface area (Å²) >= 11 is 0. The number of aromatic nitrogens is 2. The Morgan fingerprint density at radius 1 is 0.842 bits per heavy atom. The molecule has 0 radical (unpaired) electrons. The van der Waals surface area contributed by atoms with Crippen LogP contribution >= 0.6 is 0 Å². The molecule has 8 heteroatoms. The van der Waals surface area contributed by atoms with E-state index in [-0.39, 0.29) is 11.9 Å². The Bertz CT molecular complexity index is 1580. The SMILES string of the molecule is O=C(O)CCc1ccc(Nc2cccc(-c3c4cccc(C(F)(F)F)c4nn3Cc3ccccc3)c2)cc1. The maximum atomic E-state index is 13.8. The minimum Gasteiger partial charge on any atom is -0.481 e. The second kappa shape index (κ2) is 10.4. The maximum Gasteiger partial charge on any atom is 0.418 e. The van der Waals surface area contributed by atoms with Crippen molar-refractivity contribution in [1.29, 1.82) is 0 Å². The van der Waals surface area contributed by atoms with E-state index in [4.69, 9.17) is 5.11 Å². The summed E-state index contributed by atoms with van der Waals surface area (Å²) in [5, 5.41) is 17.1. The molecule has 0 fully saturated rings. The Morgan fingerprint density at radius 2 is 1.58 bits per heavy atom. The van der Waals surface area contributed by atoms with E-state index >= 15 is 0 Å². The second-order valence-electron chi connectivity index (χ2n) is 8.99. The lowest BCUT2D eigenvalue weighted by Gasteiger charge is -2.12. The highest BCUT2D eigenvalue weighted by Crippen LogP contribution is 2.38. The zero-order valence-corrected chi connectivity index (χ0v) is 20.2. The fourth-order valence-electron chi connectivity index (χ4n) is 4.47. The number of aliphatic carboxylic acids is 1. The van der Waals surface area contributed by atoms with E-state index in [2.05, 4.69) is 10.4 Å². The van der Waals surface area contributed by atoms with Crippen molar-refractivity contribution in [3.63, 3.8) is 0 Å². The van der Waals surface area contributed by atoms with Gasteiger partial charge in [0, 0.05) is 28.7 Å². The van der Waals surface area contributed by atoms with Gasteiger partial charge in [-0.15, -0.1) is 0 Å². The second-order valence-corrected chi connectivity index (χ2v) is 8.99. The van der Waals surface area contributed by atoms with Gasteiger partial charge in [-0.3, -0.25) is 9.48 Å². The first-order chi connectivity index (χ1) is 18.3. The number of halogens is 3. The third-order valence-electron chi connectivity index (χ3n) is 6.26. The monoisotopic (exact) mass is 515 g/mol. The lowest BCUT2D eigenvalue weighted by molar-refractivity contribution is -0.137. The van der Waals surface area contributed by atoms with Crippen molar-refractivity contribution in [2.45, 2.75) is 25.6 Å². The first-order valence-electron chi connectivity index (χ1n) is 12.1. The maximum absolute atomic E-state index is 13.8. The Morgan fingerprint density at radius 3 is 2.29 bits per heavy atom. The number of benzene rings is 4. The molecule has 2 N–H and O–H groups in total. The molecule has 0 aliphatic rings. The lowest BCUT2D eigenvalue weighted by Crippen LogP contribution is -2.06. The summed E-state index contributed by atoms with van der Waals surface area (Å²) < 4.78 is 43.1. The van der Waals surface area contributed by atoms with Gasteiger partial charge in [-0.05, 0) is 47.9 Å². The number of anilines is 2. The van der Waals surface area contributed by atoms with E-state index in [0.29, 0.717) is 24.0 Å². The average molecular weight is 516 g/mol. The molecular formula is C30H24F3N3O2. The molecule has 5 nitrogen and oxygen atoms in total. The Kier molecular flexibility index (Phi) is 6.87. The van der Waals surface area contributed by atoms with Crippen molar-refractivity contribution < 1.29 is 23.1 Å². The normalized spacial score (nSPS) is 11.6. The van der Waals surface area contributed by atoms with E-state index in [1.807, 2.05) is 78.9 Å². The third kappa shape index (κ3) is 5.54. The zero-order chi connectivity index (χ0) is 26.7. The van der Waals surface area contributed by atoms with Gasteiger partial charge in [0.2, 0.25) is 0 Å². The van der Waals surface area contributed by atoms with Crippen LogP contribution in [0.4, 0.5) is 24.5 Å². The quantitative estimate of drug-likeness (QED) is 0.224. The number of carboxylic acids is 1. The van der Waals surface area contributed by atoms with Crippen molar-refractivity contribution in [2.24, 2.45) is 0 Å².